The third kappa shape index (κ3) is 6.22. The van der Waals surface area contributed by atoms with E-state index in [2.05, 4.69) is 39.0 Å². The van der Waals surface area contributed by atoms with Gasteiger partial charge < -0.3 is 19.6 Å². The van der Waals surface area contributed by atoms with Gasteiger partial charge in [-0.25, -0.2) is 4.98 Å². The van der Waals surface area contributed by atoms with Crippen LogP contribution in [0, 0.1) is 6.92 Å². The number of ether oxygens (including phenoxy) is 1. The molecule has 1 aromatic heterocycles. The first kappa shape index (κ1) is 20.7. The predicted molar refractivity (Wildman–Crippen MR) is 119 cm³/mol. The summed E-state index contributed by atoms with van der Waals surface area (Å²) in [5.74, 6) is 1.60. The first-order valence-corrected chi connectivity index (χ1v) is 9.81. The molecule has 0 aliphatic heterocycles. The summed E-state index contributed by atoms with van der Waals surface area (Å²) in [6.07, 6.45) is 1.13. The van der Waals surface area contributed by atoms with Crippen molar-refractivity contribution >= 4 is 11.5 Å². The Balaban J connectivity index is 1.67. The smallest absolute Gasteiger partial charge is 0.128 e. The first-order chi connectivity index (χ1) is 14.0. The predicted octanol–water partition coefficient (Wildman–Crippen LogP) is 3.90. The Bertz CT molecular complexity index is 882. The molecule has 29 heavy (non-hydrogen) atoms. The molecule has 0 radical (unpaired) electrons. The highest BCUT2D eigenvalue weighted by Gasteiger charge is 2.15. The van der Waals surface area contributed by atoms with Gasteiger partial charge >= 0.3 is 0 Å². The summed E-state index contributed by atoms with van der Waals surface area (Å²) in [5, 5.41) is 10.6. The van der Waals surface area contributed by atoms with Crippen molar-refractivity contribution in [3.05, 3.63) is 84.1 Å². The van der Waals surface area contributed by atoms with Crippen molar-refractivity contribution in [1.82, 2.24) is 4.98 Å². The molecule has 0 bridgehead atoms. The van der Waals surface area contributed by atoms with Gasteiger partial charge in [-0.05, 0) is 54.4 Å². The highest BCUT2D eigenvalue weighted by Crippen LogP contribution is 2.18. The van der Waals surface area contributed by atoms with E-state index in [1.165, 1.54) is 0 Å². The molecule has 0 saturated heterocycles. The standard InChI is InChI=1S/C24H29N3O2/c1-19-7-6-8-23(15-19)29-18-22(28)17-27(24-9-4-5-14-25-24)16-20-10-12-21(13-11-20)26(2)3/h4-15,22,28H,16-18H2,1-3H3. The molecular weight excluding hydrogens is 362 g/mol. The number of anilines is 2. The van der Waals surface area contributed by atoms with E-state index in [0.29, 0.717) is 13.1 Å². The van der Waals surface area contributed by atoms with Crippen LogP contribution in [-0.4, -0.2) is 43.4 Å². The fourth-order valence-corrected chi connectivity index (χ4v) is 3.10. The van der Waals surface area contributed by atoms with E-state index in [1.54, 1.807) is 6.20 Å². The van der Waals surface area contributed by atoms with Gasteiger partial charge in [0.1, 0.15) is 24.3 Å². The van der Waals surface area contributed by atoms with Crippen molar-refractivity contribution in [1.29, 1.82) is 0 Å². The number of rotatable bonds is 9. The zero-order chi connectivity index (χ0) is 20.6. The second kappa shape index (κ2) is 9.94. The van der Waals surface area contributed by atoms with Crippen molar-refractivity contribution < 1.29 is 9.84 Å². The van der Waals surface area contributed by atoms with Crippen LogP contribution in [0.15, 0.2) is 72.9 Å². The maximum absolute atomic E-state index is 10.6. The molecule has 0 amide bonds. The van der Waals surface area contributed by atoms with Crippen molar-refractivity contribution in [2.24, 2.45) is 0 Å². The number of aromatic nitrogens is 1. The Kier molecular flexibility index (Phi) is 7.09. The summed E-state index contributed by atoms with van der Waals surface area (Å²) in [6.45, 7) is 3.34. The molecule has 0 fully saturated rings. The number of aliphatic hydroxyl groups excluding tert-OH is 1. The molecule has 3 aromatic rings. The van der Waals surface area contributed by atoms with Gasteiger partial charge in [0, 0.05) is 39.1 Å². The molecular formula is C24H29N3O2. The van der Waals surface area contributed by atoms with Crippen LogP contribution in [0.5, 0.6) is 5.75 Å². The van der Waals surface area contributed by atoms with Crippen LogP contribution in [-0.2, 0) is 6.54 Å². The maximum atomic E-state index is 10.6. The Labute approximate surface area is 173 Å². The summed E-state index contributed by atoms with van der Waals surface area (Å²) in [4.78, 5) is 8.62. The maximum Gasteiger partial charge on any atom is 0.128 e. The molecule has 5 heteroatoms. The van der Waals surface area contributed by atoms with Crippen LogP contribution in [0.4, 0.5) is 11.5 Å². The van der Waals surface area contributed by atoms with Gasteiger partial charge in [-0.2, -0.15) is 0 Å². The van der Waals surface area contributed by atoms with Gasteiger partial charge in [0.2, 0.25) is 0 Å². The molecule has 1 heterocycles. The first-order valence-electron chi connectivity index (χ1n) is 9.81. The Hall–Kier alpha value is -3.05. The number of hydrogen-bond acceptors (Lipinski definition) is 5. The fourth-order valence-electron chi connectivity index (χ4n) is 3.10. The Morgan fingerprint density at radius 2 is 1.79 bits per heavy atom. The number of pyridine rings is 1. The fraction of sp³-hybridized carbons (Fsp3) is 0.292. The SMILES string of the molecule is Cc1cccc(OCC(O)CN(Cc2ccc(N(C)C)cc2)c2ccccn2)c1. The molecule has 5 nitrogen and oxygen atoms in total. The summed E-state index contributed by atoms with van der Waals surface area (Å²) in [6, 6.07) is 22.1. The lowest BCUT2D eigenvalue weighted by molar-refractivity contribution is 0.111. The monoisotopic (exact) mass is 391 g/mol. The molecule has 0 spiro atoms. The topological polar surface area (TPSA) is 48.8 Å². The molecule has 3 rings (SSSR count). The largest absolute Gasteiger partial charge is 0.491 e. The van der Waals surface area contributed by atoms with Crippen LogP contribution in [0.2, 0.25) is 0 Å². The van der Waals surface area contributed by atoms with Crippen molar-refractivity contribution in [2.45, 2.75) is 19.6 Å². The van der Waals surface area contributed by atoms with E-state index >= 15 is 0 Å². The van der Waals surface area contributed by atoms with Crippen LogP contribution in [0.25, 0.3) is 0 Å². The average Bonchev–Trinajstić information content (AvgIpc) is 2.73. The minimum absolute atomic E-state index is 0.229. The lowest BCUT2D eigenvalue weighted by atomic mass is 10.1. The highest BCUT2D eigenvalue weighted by molar-refractivity contribution is 5.47. The number of aryl methyl sites for hydroxylation is 1. The van der Waals surface area contributed by atoms with Gasteiger partial charge in [-0.1, -0.05) is 30.3 Å². The molecule has 1 N–H and O–H groups in total. The lowest BCUT2D eigenvalue weighted by Gasteiger charge is -2.26. The van der Waals surface area contributed by atoms with E-state index in [0.717, 1.165) is 28.4 Å². The van der Waals surface area contributed by atoms with Crippen LogP contribution >= 0.6 is 0 Å². The summed E-state index contributed by atoms with van der Waals surface area (Å²) in [7, 11) is 4.06. The van der Waals surface area contributed by atoms with E-state index in [9.17, 15) is 5.11 Å². The second-order valence-corrected chi connectivity index (χ2v) is 7.41. The molecule has 0 saturated carbocycles. The van der Waals surface area contributed by atoms with E-state index in [4.69, 9.17) is 4.74 Å². The van der Waals surface area contributed by atoms with Gasteiger partial charge in [-0.15, -0.1) is 0 Å². The zero-order valence-corrected chi connectivity index (χ0v) is 17.3. The summed E-state index contributed by atoms with van der Waals surface area (Å²) < 4.78 is 5.78. The van der Waals surface area contributed by atoms with Gasteiger partial charge in [0.15, 0.2) is 0 Å². The van der Waals surface area contributed by atoms with Gasteiger partial charge in [-0.3, -0.25) is 0 Å². The van der Waals surface area contributed by atoms with Crippen LogP contribution in [0.3, 0.4) is 0 Å². The van der Waals surface area contributed by atoms with E-state index in [-0.39, 0.29) is 6.61 Å². The number of nitrogens with zero attached hydrogens (tertiary/aromatic N) is 3. The van der Waals surface area contributed by atoms with Gasteiger partial charge in [0.25, 0.3) is 0 Å². The molecule has 2 aromatic carbocycles. The van der Waals surface area contributed by atoms with Crippen molar-refractivity contribution in [3.63, 3.8) is 0 Å². The minimum atomic E-state index is -0.640. The van der Waals surface area contributed by atoms with Gasteiger partial charge in [0.05, 0.1) is 0 Å². The van der Waals surface area contributed by atoms with Crippen molar-refractivity contribution in [3.8, 4) is 5.75 Å². The van der Waals surface area contributed by atoms with E-state index in [1.807, 2.05) is 63.5 Å². The second-order valence-electron chi connectivity index (χ2n) is 7.41. The zero-order valence-electron chi connectivity index (χ0n) is 17.3. The third-order valence-corrected chi connectivity index (χ3v) is 4.66. The molecule has 1 unspecified atom stereocenters. The summed E-state index contributed by atoms with van der Waals surface area (Å²) >= 11 is 0. The third-order valence-electron chi connectivity index (χ3n) is 4.66. The molecule has 0 aliphatic rings. The molecule has 1 atom stereocenters. The molecule has 0 aliphatic carbocycles. The van der Waals surface area contributed by atoms with Crippen LogP contribution < -0.4 is 14.5 Å². The average molecular weight is 392 g/mol. The summed E-state index contributed by atoms with van der Waals surface area (Å²) in [5.41, 5.74) is 3.45. The number of benzene rings is 2. The van der Waals surface area contributed by atoms with Crippen molar-refractivity contribution in [2.75, 3.05) is 37.0 Å². The molecule has 152 valence electrons. The number of aliphatic hydroxyl groups is 1. The Morgan fingerprint density at radius 1 is 1.00 bits per heavy atom. The highest BCUT2D eigenvalue weighted by atomic mass is 16.5. The normalized spacial score (nSPS) is 11.7. The minimum Gasteiger partial charge on any atom is -0.491 e. The Morgan fingerprint density at radius 3 is 2.45 bits per heavy atom. The number of hydrogen-bond donors (Lipinski definition) is 1. The van der Waals surface area contributed by atoms with E-state index < -0.39 is 6.10 Å². The quantitative estimate of drug-likeness (QED) is 0.599. The lowest BCUT2D eigenvalue weighted by Crippen LogP contribution is -2.35. The van der Waals surface area contributed by atoms with Crippen LogP contribution in [0.1, 0.15) is 11.1 Å².